The van der Waals surface area contributed by atoms with Crippen molar-refractivity contribution < 1.29 is 18.8 Å². The van der Waals surface area contributed by atoms with E-state index in [9.17, 15) is 4.79 Å². The average Bonchev–Trinajstić information content (AvgIpc) is 3.30. The molecule has 0 amide bonds. The van der Waals surface area contributed by atoms with Crippen molar-refractivity contribution in [3.05, 3.63) is 0 Å². The van der Waals surface area contributed by atoms with Gasteiger partial charge in [0.25, 0.3) is 0 Å². The molecule has 0 spiro atoms. The molecule has 43 heavy (non-hydrogen) atoms. The van der Waals surface area contributed by atoms with E-state index in [1.54, 1.807) is 0 Å². The van der Waals surface area contributed by atoms with Gasteiger partial charge in [-0.05, 0) is 115 Å². The van der Waals surface area contributed by atoms with Gasteiger partial charge in [0.2, 0.25) is 0 Å². The normalized spacial score (nSPS) is 55.8. The fourth-order valence-electron chi connectivity index (χ4n) is 14.6. The number of ether oxygens (including phenoxy) is 2. The van der Waals surface area contributed by atoms with Crippen LogP contribution in [-0.4, -0.2) is 80.0 Å². The number of nitrogens with zero attached hydrogens (tertiary/aromatic N) is 2. The number of carbonyl (C=O) groups is 1. The molecule has 0 aromatic heterocycles. The summed E-state index contributed by atoms with van der Waals surface area (Å²) in [6.07, 6.45) is 13.7. The lowest BCUT2D eigenvalue weighted by Gasteiger charge is -2.73. The Morgan fingerprint density at radius 3 is 2.21 bits per heavy atom. The minimum absolute atomic E-state index is 0.0271. The second kappa shape index (κ2) is 9.24. The zero-order valence-electron chi connectivity index (χ0n) is 28.8. The van der Waals surface area contributed by atoms with E-state index in [1.165, 1.54) is 57.8 Å². The predicted molar refractivity (Wildman–Crippen MR) is 170 cm³/mol. The van der Waals surface area contributed by atoms with Crippen LogP contribution >= 0.6 is 0 Å². The first-order valence-corrected chi connectivity index (χ1v) is 18.6. The highest BCUT2D eigenvalue weighted by molar-refractivity contribution is 5.71. The zero-order chi connectivity index (χ0) is 30.3. The molecule has 0 N–H and O–H groups in total. The van der Waals surface area contributed by atoms with Gasteiger partial charge in [0.05, 0.1) is 32.3 Å². The highest BCUT2D eigenvalue weighted by atomic mass is 16.5. The largest absolute Gasteiger partial charge is 0.458 e. The van der Waals surface area contributed by atoms with Gasteiger partial charge in [0.1, 0.15) is 6.10 Å². The fraction of sp³-hybridized carbons (Fsp3) is 0.974. The molecule has 4 saturated heterocycles. The van der Waals surface area contributed by atoms with Crippen molar-refractivity contribution in [2.75, 3.05) is 52.4 Å². The van der Waals surface area contributed by atoms with E-state index in [1.807, 2.05) is 0 Å². The smallest absolute Gasteiger partial charge is 0.362 e. The maximum atomic E-state index is 13.5. The Labute approximate surface area is 262 Å². The topological polar surface area (TPSA) is 38.8 Å². The van der Waals surface area contributed by atoms with E-state index in [0.717, 1.165) is 74.5 Å². The Balaban J connectivity index is 1.02. The quantitative estimate of drug-likeness (QED) is 0.262. The van der Waals surface area contributed by atoms with Crippen molar-refractivity contribution in [1.29, 1.82) is 0 Å². The Bertz CT molecular complexity index is 1140. The summed E-state index contributed by atoms with van der Waals surface area (Å²) in [5.74, 6) is 3.04. The van der Waals surface area contributed by atoms with Crippen LogP contribution in [0.3, 0.4) is 0 Å². The average molecular weight is 596 g/mol. The maximum absolute atomic E-state index is 13.5. The summed E-state index contributed by atoms with van der Waals surface area (Å²) in [4.78, 5) is 16.1. The third-order valence-electron chi connectivity index (χ3n) is 17.5. The summed E-state index contributed by atoms with van der Waals surface area (Å²) in [7, 11) is 0. The molecule has 4 bridgehead atoms. The lowest BCUT2D eigenvalue weighted by Crippen LogP contribution is -2.69. The van der Waals surface area contributed by atoms with Gasteiger partial charge in [-0.15, -0.1) is 0 Å². The Kier molecular flexibility index (Phi) is 6.39. The second-order valence-corrected chi connectivity index (χ2v) is 19.6. The minimum Gasteiger partial charge on any atom is -0.458 e. The molecule has 242 valence electrons. The summed E-state index contributed by atoms with van der Waals surface area (Å²) >= 11 is 0. The number of carbonyl (C=O) groups excluding carboxylic acids is 1. The Hall–Kier alpha value is -0.650. The number of hydrogen-bond donors (Lipinski definition) is 0. The van der Waals surface area contributed by atoms with Crippen LogP contribution in [0.4, 0.5) is 0 Å². The summed E-state index contributed by atoms with van der Waals surface area (Å²) in [6, 6.07) is 0. The van der Waals surface area contributed by atoms with Crippen LogP contribution in [0.1, 0.15) is 113 Å². The second-order valence-electron chi connectivity index (χ2n) is 19.6. The van der Waals surface area contributed by atoms with Crippen LogP contribution in [0.5, 0.6) is 0 Å². The third kappa shape index (κ3) is 3.89. The first-order chi connectivity index (χ1) is 20.2. The van der Waals surface area contributed by atoms with E-state index < -0.39 is 0 Å². The molecule has 0 radical (unpaired) electrons. The predicted octanol–water partition coefficient (Wildman–Crippen LogP) is 6.93. The molecule has 9 rings (SSSR count). The molecular formula is C38H63N2O3+. The summed E-state index contributed by atoms with van der Waals surface area (Å²) in [5.41, 5.74) is 1.92. The van der Waals surface area contributed by atoms with Crippen molar-refractivity contribution in [2.24, 2.45) is 56.2 Å². The van der Waals surface area contributed by atoms with Crippen LogP contribution in [-0.2, 0) is 14.3 Å². The molecule has 5 aliphatic carbocycles. The van der Waals surface area contributed by atoms with Crippen LogP contribution in [0.2, 0.25) is 0 Å². The highest BCUT2D eigenvalue weighted by Gasteiger charge is 2.73. The maximum Gasteiger partial charge on any atom is 0.362 e. The first-order valence-electron chi connectivity index (χ1n) is 18.6. The van der Waals surface area contributed by atoms with Crippen molar-refractivity contribution in [2.45, 2.75) is 125 Å². The van der Waals surface area contributed by atoms with Crippen molar-refractivity contribution in [3.63, 3.8) is 0 Å². The molecule has 5 saturated carbocycles. The van der Waals surface area contributed by atoms with Gasteiger partial charge >= 0.3 is 5.97 Å². The van der Waals surface area contributed by atoms with Crippen LogP contribution < -0.4 is 0 Å². The number of esters is 1. The molecule has 9 fully saturated rings. The van der Waals surface area contributed by atoms with Gasteiger partial charge in [-0.1, -0.05) is 48.5 Å². The number of rotatable bonds is 3. The fourth-order valence-corrected chi connectivity index (χ4v) is 14.6. The van der Waals surface area contributed by atoms with Gasteiger partial charge in [-0.3, -0.25) is 4.90 Å². The zero-order valence-corrected chi connectivity index (χ0v) is 28.8. The lowest BCUT2D eigenvalue weighted by atomic mass is 9.31. The standard InChI is InChI=1S/C38H63N2O3/c1-33(2)14-16-38-17-15-36(6)26(31(38)32(33)42-25-38)8-9-28-35(5)12-11-29(34(3,4)27(35)10-13-37(28,36)7)43-30(41)24-40-21-18-39(19-22-40)20-23-40/h26-29,31-32H,8-25H2,1-7H3/q+1/t26-,27+,28-,29?,31+,32-,35+,36-,37-,38-/m1/s1. The molecule has 1 unspecified atom stereocenters. The van der Waals surface area contributed by atoms with Crippen molar-refractivity contribution in [3.8, 4) is 0 Å². The van der Waals surface area contributed by atoms with E-state index in [4.69, 9.17) is 9.47 Å². The lowest BCUT2D eigenvalue weighted by molar-refractivity contribution is -0.934. The molecule has 9 aliphatic rings. The van der Waals surface area contributed by atoms with Crippen LogP contribution in [0.25, 0.3) is 0 Å². The molecule has 5 heteroatoms. The van der Waals surface area contributed by atoms with E-state index in [0.29, 0.717) is 45.6 Å². The number of hydrogen-bond acceptors (Lipinski definition) is 4. The van der Waals surface area contributed by atoms with E-state index >= 15 is 0 Å². The Morgan fingerprint density at radius 2 is 1.49 bits per heavy atom. The molecular weight excluding hydrogens is 532 g/mol. The number of quaternary nitrogens is 1. The van der Waals surface area contributed by atoms with Crippen LogP contribution in [0, 0.1) is 56.2 Å². The van der Waals surface area contributed by atoms with Gasteiger partial charge in [-0.25, -0.2) is 4.79 Å². The minimum atomic E-state index is 0.0271. The highest BCUT2D eigenvalue weighted by Crippen LogP contribution is 2.78. The van der Waals surface area contributed by atoms with E-state index in [-0.39, 0.29) is 17.5 Å². The van der Waals surface area contributed by atoms with Crippen LogP contribution in [0.15, 0.2) is 0 Å². The van der Waals surface area contributed by atoms with E-state index in [2.05, 4.69) is 53.4 Å². The SMILES string of the molecule is CC1(C)CC[C@]23CC[C@]4(C)[C@H](CC[C@@H]5[C@@]6(C)CCC(OC(=O)C[N+]78CCN(CC7)CC8)C(C)(C)[C@@H]6CC[C@]54C)[C@H]2[C@H]1OC3. The molecule has 0 aromatic rings. The molecule has 4 aliphatic heterocycles. The van der Waals surface area contributed by atoms with Crippen molar-refractivity contribution >= 4 is 5.97 Å². The monoisotopic (exact) mass is 595 g/mol. The van der Waals surface area contributed by atoms with Gasteiger partial charge < -0.3 is 14.0 Å². The summed E-state index contributed by atoms with van der Waals surface area (Å²) in [5, 5.41) is 0. The van der Waals surface area contributed by atoms with Gasteiger partial charge in [-0.2, -0.15) is 0 Å². The number of piperazine rings is 3. The first kappa shape index (κ1) is 29.7. The van der Waals surface area contributed by atoms with Gasteiger partial charge in [0.15, 0.2) is 6.54 Å². The third-order valence-corrected chi connectivity index (χ3v) is 17.5. The molecule has 5 nitrogen and oxygen atoms in total. The molecule has 4 heterocycles. The summed E-state index contributed by atoms with van der Waals surface area (Å²) in [6.45, 7) is 26.6. The molecule has 0 aromatic carbocycles. The van der Waals surface area contributed by atoms with Crippen molar-refractivity contribution in [1.82, 2.24) is 4.90 Å². The number of fused-ring (bicyclic) bond motifs is 8. The van der Waals surface area contributed by atoms with Gasteiger partial charge in [0, 0.05) is 25.0 Å². The molecule has 10 atom stereocenters. The summed E-state index contributed by atoms with van der Waals surface area (Å²) < 4.78 is 14.3. The Morgan fingerprint density at radius 1 is 0.791 bits per heavy atom.